The molecular formula is C32H38N2O3. The molecule has 0 spiro atoms. The van der Waals surface area contributed by atoms with E-state index in [9.17, 15) is 4.79 Å². The third kappa shape index (κ3) is 4.53. The second-order valence-corrected chi connectivity index (χ2v) is 11.4. The maximum atomic E-state index is 13.4. The minimum atomic E-state index is -0.281. The summed E-state index contributed by atoms with van der Waals surface area (Å²) in [6, 6.07) is 22.8. The summed E-state index contributed by atoms with van der Waals surface area (Å²) < 4.78 is 12.2. The predicted octanol–water partition coefficient (Wildman–Crippen LogP) is 5.57. The topological polar surface area (TPSA) is 50.8 Å². The molecule has 1 N–H and O–H groups in total. The zero-order chi connectivity index (χ0) is 25.5. The quantitative estimate of drug-likeness (QED) is 0.463. The van der Waals surface area contributed by atoms with E-state index in [0.29, 0.717) is 0 Å². The molecule has 3 aromatic rings. The summed E-state index contributed by atoms with van der Waals surface area (Å²) in [5, 5.41) is 5.65. The molecule has 0 bridgehead atoms. The summed E-state index contributed by atoms with van der Waals surface area (Å²) in [4.78, 5) is 16.0. The minimum absolute atomic E-state index is 0.00707. The number of nitrogens with one attached hydrogen (secondary N) is 1. The van der Waals surface area contributed by atoms with E-state index in [2.05, 4.69) is 40.5 Å². The number of hydrogen-bond donors (Lipinski definition) is 1. The number of amides is 1. The van der Waals surface area contributed by atoms with Gasteiger partial charge in [0, 0.05) is 37.2 Å². The fourth-order valence-electron chi connectivity index (χ4n) is 7.06. The van der Waals surface area contributed by atoms with E-state index in [1.54, 1.807) is 7.11 Å². The van der Waals surface area contributed by atoms with Crippen molar-refractivity contribution in [3.05, 3.63) is 77.9 Å². The summed E-state index contributed by atoms with van der Waals surface area (Å²) in [5.74, 6) is 1.74. The molecule has 0 aromatic heterocycles. The Bertz CT molecular complexity index is 1290. The van der Waals surface area contributed by atoms with Gasteiger partial charge >= 0.3 is 0 Å². The standard InChI is InChI=1S/C32H38N2O3/c1-36-29-9-5-8-27(19-29)31-16-17-34(21-23-10-11-23)22-32(31,37-2)15-14-28(20-31)33-30(35)26-13-12-24-6-3-4-7-25(24)18-26/h3-9,12-13,18-19,23,28H,10-11,14-17,20-22H2,1-2H3,(H,33,35). The Kier molecular flexibility index (Phi) is 6.46. The predicted molar refractivity (Wildman–Crippen MR) is 147 cm³/mol. The molecule has 0 radical (unpaired) electrons. The van der Waals surface area contributed by atoms with Gasteiger partial charge in [-0.3, -0.25) is 4.79 Å². The van der Waals surface area contributed by atoms with Crippen LogP contribution in [0.2, 0.25) is 0 Å². The van der Waals surface area contributed by atoms with Crippen molar-refractivity contribution >= 4 is 16.7 Å². The minimum Gasteiger partial charge on any atom is -0.497 e. The first kappa shape index (κ1) is 24.4. The molecule has 2 saturated carbocycles. The number of piperidine rings is 1. The van der Waals surface area contributed by atoms with Crippen molar-refractivity contribution in [1.82, 2.24) is 10.2 Å². The largest absolute Gasteiger partial charge is 0.497 e. The van der Waals surface area contributed by atoms with Crippen molar-refractivity contribution in [3.63, 3.8) is 0 Å². The first-order chi connectivity index (χ1) is 18.0. The molecule has 5 heteroatoms. The SMILES string of the molecule is COc1cccc(C23CCN(CC4CC4)CC2(OC)CCC(NC(=O)c2ccc4ccccc4c2)C3)c1. The average Bonchev–Trinajstić information content (AvgIpc) is 3.76. The Hall–Kier alpha value is -2.89. The molecule has 194 valence electrons. The molecular weight excluding hydrogens is 460 g/mol. The van der Waals surface area contributed by atoms with Gasteiger partial charge in [-0.25, -0.2) is 0 Å². The van der Waals surface area contributed by atoms with Crippen LogP contribution in [0.4, 0.5) is 0 Å². The van der Waals surface area contributed by atoms with Crippen LogP contribution in [0.5, 0.6) is 5.75 Å². The summed E-state index contributed by atoms with van der Waals surface area (Å²) in [6.07, 6.45) is 6.44. The molecule has 3 unspecified atom stereocenters. The van der Waals surface area contributed by atoms with E-state index in [1.165, 1.54) is 24.9 Å². The number of rotatable bonds is 7. The van der Waals surface area contributed by atoms with Crippen molar-refractivity contribution in [2.75, 3.05) is 33.9 Å². The molecule has 1 saturated heterocycles. The van der Waals surface area contributed by atoms with Crippen LogP contribution < -0.4 is 10.1 Å². The molecule has 3 aliphatic rings. The third-order valence-electron chi connectivity index (χ3n) is 9.27. The fourth-order valence-corrected chi connectivity index (χ4v) is 7.06. The number of benzene rings is 3. The number of carbonyl (C=O) groups excluding carboxylic acids is 1. The van der Waals surface area contributed by atoms with Gasteiger partial charge in [0.2, 0.25) is 0 Å². The van der Waals surface area contributed by atoms with Crippen molar-refractivity contribution in [1.29, 1.82) is 0 Å². The normalized spacial score (nSPS) is 28.0. The first-order valence-electron chi connectivity index (χ1n) is 13.8. The Morgan fingerprint density at radius 3 is 2.59 bits per heavy atom. The monoisotopic (exact) mass is 498 g/mol. The van der Waals surface area contributed by atoms with Gasteiger partial charge in [0.25, 0.3) is 5.91 Å². The number of nitrogens with zero attached hydrogens (tertiary/aromatic N) is 1. The molecule has 3 atom stereocenters. The number of likely N-dealkylation sites (tertiary alicyclic amines) is 1. The first-order valence-corrected chi connectivity index (χ1v) is 13.8. The van der Waals surface area contributed by atoms with E-state index >= 15 is 0 Å². The van der Waals surface area contributed by atoms with Crippen LogP contribution in [0.3, 0.4) is 0 Å². The van der Waals surface area contributed by atoms with Gasteiger partial charge in [-0.1, -0.05) is 42.5 Å². The van der Waals surface area contributed by atoms with Crippen LogP contribution in [-0.2, 0) is 10.2 Å². The van der Waals surface area contributed by atoms with Gasteiger partial charge in [0.15, 0.2) is 0 Å². The molecule has 6 rings (SSSR count). The van der Waals surface area contributed by atoms with Crippen molar-refractivity contribution in [2.24, 2.45) is 5.92 Å². The maximum Gasteiger partial charge on any atom is 0.251 e. The zero-order valence-electron chi connectivity index (χ0n) is 22.0. The van der Waals surface area contributed by atoms with Crippen LogP contribution in [0.25, 0.3) is 10.8 Å². The summed E-state index contributed by atoms with van der Waals surface area (Å²) in [5.41, 5.74) is 1.52. The fraction of sp³-hybridized carbons (Fsp3) is 0.469. The lowest BCUT2D eigenvalue weighted by Crippen LogP contribution is -2.68. The smallest absolute Gasteiger partial charge is 0.251 e. The van der Waals surface area contributed by atoms with E-state index in [-0.39, 0.29) is 23.0 Å². The lowest BCUT2D eigenvalue weighted by molar-refractivity contribution is -0.148. The van der Waals surface area contributed by atoms with Crippen LogP contribution >= 0.6 is 0 Å². The zero-order valence-corrected chi connectivity index (χ0v) is 22.0. The molecule has 1 amide bonds. The van der Waals surface area contributed by atoms with E-state index in [0.717, 1.165) is 66.8 Å². The molecule has 1 heterocycles. The molecule has 37 heavy (non-hydrogen) atoms. The summed E-state index contributed by atoms with van der Waals surface area (Å²) >= 11 is 0. The van der Waals surface area contributed by atoms with Gasteiger partial charge in [-0.15, -0.1) is 0 Å². The van der Waals surface area contributed by atoms with Crippen molar-refractivity contribution in [2.45, 2.75) is 55.6 Å². The lowest BCUT2D eigenvalue weighted by Gasteiger charge is -2.60. The Morgan fingerprint density at radius 1 is 0.973 bits per heavy atom. The van der Waals surface area contributed by atoms with Gasteiger partial charge in [-0.05, 0) is 91.6 Å². The number of hydrogen-bond acceptors (Lipinski definition) is 4. The third-order valence-corrected chi connectivity index (χ3v) is 9.27. The van der Waals surface area contributed by atoms with Crippen molar-refractivity contribution in [3.8, 4) is 5.75 Å². The van der Waals surface area contributed by atoms with Crippen molar-refractivity contribution < 1.29 is 14.3 Å². The highest BCUT2D eigenvalue weighted by Gasteiger charge is 2.59. The Labute approximate surface area is 220 Å². The van der Waals surface area contributed by atoms with Crippen LogP contribution in [-0.4, -0.2) is 56.3 Å². The molecule has 3 aromatic carbocycles. The van der Waals surface area contributed by atoms with Gasteiger partial charge in [-0.2, -0.15) is 0 Å². The number of ether oxygens (including phenoxy) is 2. The van der Waals surface area contributed by atoms with Crippen LogP contribution in [0.1, 0.15) is 54.4 Å². The number of methoxy groups -OCH3 is 2. The summed E-state index contributed by atoms with van der Waals surface area (Å²) in [6.45, 7) is 3.19. The number of fused-ring (bicyclic) bond motifs is 2. The average molecular weight is 499 g/mol. The Morgan fingerprint density at radius 2 is 1.81 bits per heavy atom. The van der Waals surface area contributed by atoms with Crippen LogP contribution in [0, 0.1) is 5.92 Å². The second-order valence-electron chi connectivity index (χ2n) is 11.4. The summed E-state index contributed by atoms with van der Waals surface area (Å²) in [7, 11) is 3.62. The van der Waals surface area contributed by atoms with E-state index in [4.69, 9.17) is 9.47 Å². The van der Waals surface area contributed by atoms with Gasteiger partial charge in [0.05, 0.1) is 12.7 Å². The molecule has 3 fully saturated rings. The second kappa shape index (κ2) is 9.77. The van der Waals surface area contributed by atoms with E-state index < -0.39 is 0 Å². The number of carbonyl (C=O) groups is 1. The van der Waals surface area contributed by atoms with E-state index in [1.807, 2.05) is 43.5 Å². The highest BCUT2D eigenvalue weighted by Crippen LogP contribution is 2.54. The lowest BCUT2D eigenvalue weighted by atomic mass is 9.55. The van der Waals surface area contributed by atoms with Gasteiger partial charge < -0.3 is 19.7 Å². The van der Waals surface area contributed by atoms with Gasteiger partial charge in [0.1, 0.15) is 5.75 Å². The molecule has 2 aliphatic carbocycles. The maximum absolute atomic E-state index is 13.4. The highest BCUT2D eigenvalue weighted by atomic mass is 16.5. The molecule has 1 aliphatic heterocycles. The van der Waals surface area contributed by atoms with Crippen LogP contribution in [0.15, 0.2) is 66.7 Å². The Balaban J connectivity index is 1.29. The highest BCUT2D eigenvalue weighted by molar-refractivity contribution is 5.98. The molecule has 5 nitrogen and oxygen atoms in total.